The van der Waals surface area contributed by atoms with Crippen molar-refractivity contribution >= 4 is 22.7 Å². The molecule has 6 nitrogen and oxygen atoms in total. The summed E-state index contributed by atoms with van der Waals surface area (Å²) in [6, 6.07) is 14.3. The number of hydrogen-bond acceptors (Lipinski definition) is 6. The van der Waals surface area contributed by atoms with E-state index in [2.05, 4.69) is 28.2 Å². The van der Waals surface area contributed by atoms with Crippen molar-refractivity contribution in [1.29, 1.82) is 0 Å². The zero-order valence-corrected chi connectivity index (χ0v) is 12.7. The minimum absolute atomic E-state index is 0.160. The van der Waals surface area contributed by atoms with Crippen LogP contribution in [0.4, 0.5) is 0 Å². The fourth-order valence-corrected chi connectivity index (χ4v) is 2.57. The van der Waals surface area contributed by atoms with Gasteiger partial charge < -0.3 is 11.5 Å². The largest absolute Gasteiger partial charge is 0.368 e. The quantitative estimate of drug-likeness (QED) is 0.906. The van der Waals surface area contributed by atoms with Crippen LogP contribution in [0.1, 0.15) is 19.4 Å². The van der Waals surface area contributed by atoms with Crippen LogP contribution >= 0.6 is 0 Å². The maximum atomic E-state index is 5.91. The molecule has 2 aromatic rings. The zero-order valence-electron chi connectivity index (χ0n) is 12.7. The Morgan fingerprint density at radius 1 is 1.09 bits per heavy atom. The molecule has 0 fully saturated rings. The van der Waals surface area contributed by atoms with E-state index in [9.17, 15) is 0 Å². The third-order valence-electron chi connectivity index (χ3n) is 3.55. The van der Waals surface area contributed by atoms with Crippen molar-refractivity contribution in [2.75, 3.05) is 0 Å². The Labute approximate surface area is 129 Å². The molecule has 22 heavy (non-hydrogen) atoms. The predicted octanol–water partition coefficient (Wildman–Crippen LogP) is 1.95. The molecule has 0 spiro atoms. The minimum atomic E-state index is -0.694. The van der Waals surface area contributed by atoms with Gasteiger partial charge in [-0.3, -0.25) is 4.84 Å². The van der Waals surface area contributed by atoms with E-state index in [1.165, 1.54) is 10.4 Å². The van der Waals surface area contributed by atoms with E-state index in [-0.39, 0.29) is 11.9 Å². The summed E-state index contributed by atoms with van der Waals surface area (Å²) in [5, 5.41) is 3.81. The summed E-state index contributed by atoms with van der Waals surface area (Å²) in [7, 11) is 0. The first-order valence-electron chi connectivity index (χ1n) is 7.07. The van der Waals surface area contributed by atoms with Gasteiger partial charge in [-0.15, -0.1) is 0 Å². The first kappa shape index (κ1) is 14.3. The Kier molecular flexibility index (Phi) is 3.46. The van der Waals surface area contributed by atoms with Crippen LogP contribution in [0, 0.1) is 0 Å². The second kappa shape index (κ2) is 5.31. The fourth-order valence-electron chi connectivity index (χ4n) is 2.57. The first-order chi connectivity index (χ1) is 10.5. The van der Waals surface area contributed by atoms with Gasteiger partial charge in [0.05, 0.1) is 0 Å². The SMILES string of the molecule is CC1(C)N=C(N)N=C(N)N1OCc1cccc2ccccc12. The highest BCUT2D eigenvalue weighted by Crippen LogP contribution is 2.23. The molecule has 114 valence electrons. The van der Waals surface area contributed by atoms with Crippen LogP contribution in [0.25, 0.3) is 10.8 Å². The van der Waals surface area contributed by atoms with Crippen LogP contribution in [0.5, 0.6) is 0 Å². The van der Waals surface area contributed by atoms with Crippen LogP contribution < -0.4 is 11.5 Å². The van der Waals surface area contributed by atoms with Gasteiger partial charge in [-0.25, -0.2) is 4.99 Å². The standard InChI is InChI=1S/C16H19N5O/c1-16(2)20-14(17)19-15(18)21(16)22-10-12-8-5-7-11-6-3-4-9-13(11)12/h3-9H,10H2,1-2H3,(H4,17,18,19,20). The Morgan fingerprint density at radius 2 is 1.82 bits per heavy atom. The molecule has 1 aliphatic rings. The van der Waals surface area contributed by atoms with Crippen molar-refractivity contribution in [3.05, 3.63) is 48.0 Å². The van der Waals surface area contributed by atoms with E-state index in [0.717, 1.165) is 10.9 Å². The third-order valence-corrected chi connectivity index (χ3v) is 3.55. The number of hydroxylamine groups is 2. The molecule has 0 aromatic heterocycles. The van der Waals surface area contributed by atoms with Crippen LogP contribution in [0.15, 0.2) is 52.4 Å². The smallest absolute Gasteiger partial charge is 0.226 e. The summed E-state index contributed by atoms with van der Waals surface area (Å²) in [5.41, 5.74) is 11.9. The number of nitrogens with zero attached hydrogens (tertiary/aromatic N) is 3. The number of aliphatic imine (C=N–C) groups is 2. The summed E-state index contributed by atoms with van der Waals surface area (Å²) in [5.74, 6) is 0.366. The number of fused-ring (bicyclic) bond motifs is 1. The van der Waals surface area contributed by atoms with E-state index >= 15 is 0 Å². The van der Waals surface area contributed by atoms with Crippen LogP contribution in [0.3, 0.4) is 0 Å². The third kappa shape index (κ3) is 2.60. The molecule has 3 rings (SSSR count). The number of hydrogen-bond donors (Lipinski definition) is 2. The normalized spacial score (nSPS) is 17.3. The number of nitrogens with two attached hydrogens (primary N) is 2. The summed E-state index contributed by atoms with van der Waals surface area (Å²) in [4.78, 5) is 14.1. The molecule has 0 unspecified atom stereocenters. The molecule has 2 aromatic carbocycles. The minimum Gasteiger partial charge on any atom is -0.368 e. The van der Waals surface area contributed by atoms with Crippen LogP contribution in [-0.4, -0.2) is 22.6 Å². The maximum Gasteiger partial charge on any atom is 0.226 e. The molecule has 6 heteroatoms. The van der Waals surface area contributed by atoms with Gasteiger partial charge in [0.25, 0.3) is 0 Å². The van der Waals surface area contributed by atoms with E-state index in [0.29, 0.717) is 6.61 Å². The van der Waals surface area contributed by atoms with Crippen molar-refractivity contribution in [3.8, 4) is 0 Å². The lowest BCUT2D eigenvalue weighted by molar-refractivity contribution is -0.166. The molecule has 1 aliphatic heterocycles. The Bertz CT molecular complexity index is 761. The van der Waals surface area contributed by atoms with Crippen molar-refractivity contribution in [3.63, 3.8) is 0 Å². The molecule has 0 radical (unpaired) electrons. The molecule has 0 atom stereocenters. The highest BCUT2D eigenvalue weighted by Gasteiger charge is 2.33. The fraction of sp³-hybridized carbons (Fsp3) is 0.250. The summed E-state index contributed by atoms with van der Waals surface area (Å²) < 4.78 is 0. The van der Waals surface area contributed by atoms with Gasteiger partial charge in [0.1, 0.15) is 6.61 Å². The van der Waals surface area contributed by atoms with Crippen molar-refractivity contribution in [1.82, 2.24) is 5.06 Å². The van der Waals surface area contributed by atoms with Gasteiger partial charge >= 0.3 is 0 Å². The van der Waals surface area contributed by atoms with Crippen molar-refractivity contribution in [2.24, 2.45) is 21.5 Å². The molecule has 0 aliphatic carbocycles. The Morgan fingerprint density at radius 3 is 2.59 bits per heavy atom. The average Bonchev–Trinajstić information content (AvgIpc) is 2.45. The van der Waals surface area contributed by atoms with Crippen LogP contribution in [0.2, 0.25) is 0 Å². The van der Waals surface area contributed by atoms with Gasteiger partial charge in [0, 0.05) is 0 Å². The monoisotopic (exact) mass is 297 g/mol. The van der Waals surface area contributed by atoms with Gasteiger partial charge in [0.15, 0.2) is 5.66 Å². The lowest BCUT2D eigenvalue weighted by atomic mass is 10.1. The molecular formula is C16H19N5O. The van der Waals surface area contributed by atoms with E-state index < -0.39 is 5.66 Å². The maximum absolute atomic E-state index is 5.91. The molecule has 0 bridgehead atoms. The molecular weight excluding hydrogens is 278 g/mol. The summed E-state index contributed by atoms with van der Waals surface area (Å²) >= 11 is 0. The highest BCUT2D eigenvalue weighted by atomic mass is 16.7. The molecule has 4 N–H and O–H groups in total. The lowest BCUT2D eigenvalue weighted by Crippen LogP contribution is -2.53. The number of guanidine groups is 2. The molecule has 0 saturated carbocycles. The highest BCUT2D eigenvalue weighted by molar-refractivity contribution is 5.95. The second-order valence-corrected chi connectivity index (χ2v) is 5.64. The van der Waals surface area contributed by atoms with Crippen molar-refractivity contribution < 1.29 is 4.84 Å². The van der Waals surface area contributed by atoms with Gasteiger partial charge in [-0.05, 0) is 30.2 Å². The predicted molar refractivity (Wildman–Crippen MR) is 87.9 cm³/mol. The Hall–Kier alpha value is -2.60. The zero-order chi connectivity index (χ0) is 15.7. The summed E-state index contributed by atoms with van der Waals surface area (Å²) in [6.45, 7) is 4.10. The number of benzene rings is 2. The van der Waals surface area contributed by atoms with Gasteiger partial charge in [-0.1, -0.05) is 42.5 Å². The average molecular weight is 297 g/mol. The van der Waals surface area contributed by atoms with E-state index in [1.54, 1.807) is 0 Å². The first-order valence-corrected chi connectivity index (χ1v) is 7.07. The number of rotatable bonds is 3. The molecule has 0 saturated heterocycles. The van der Waals surface area contributed by atoms with Gasteiger partial charge in [-0.2, -0.15) is 10.1 Å². The van der Waals surface area contributed by atoms with Crippen molar-refractivity contribution in [2.45, 2.75) is 26.1 Å². The topological polar surface area (TPSA) is 89.2 Å². The Balaban J connectivity index is 1.84. The van der Waals surface area contributed by atoms with E-state index in [4.69, 9.17) is 16.3 Å². The lowest BCUT2D eigenvalue weighted by Gasteiger charge is -2.36. The second-order valence-electron chi connectivity index (χ2n) is 5.64. The van der Waals surface area contributed by atoms with Crippen LogP contribution in [-0.2, 0) is 11.4 Å². The molecule has 1 heterocycles. The summed E-state index contributed by atoms with van der Waals surface area (Å²) in [6.07, 6.45) is 0. The van der Waals surface area contributed by atoms with E-state index in [1.807, 2.05) is 38.1 Å². The molecule has 0 amide bonds. The van der Waals surface area contributed by atoms with Gasteiger partial charge in [0.2, 0.25) is 11.9 Å².